The molecule has 1 spiro atoms. The van der Waals surface area contributed by atoms with E-state index in [1.807, 2.05) is 20.9 Å². The van der Waals surface area contributed by atoms with Crippen LogP contribution in [0.25, 0.3) is 22.0 Å². The van der Waals surface area contributed by atoms with E-state index in [1.54, 1.807) is 24.2 Å². The highest BCUT2D eigenvalue weighted by molar-refractivity contribution is 7.92. The molecule has 1 amide bonds. The molecular weight excluding hydrogens is 571 g/mol. The van der Waals surface area contributed by atoms with E-state index < -0.39 is 21.3 Å². The smallest absolute Gasteiger partial charge is 0.238 e. The molecule has 0 radical (unpaired) electrons. The number of amides is 1. The number of anilines is 2. The first kappa shape index (κ1) is 30.9. The van der Waals surface area contributed by atoms with Crippen LogP contribution >= 0.6 is 12.4 Å². The van der Waals surface area contributed by atoms with Crippen molar-refractivity contribution < 1.29 is 22.3 Å². The van der Waals surface area contributed by atoms with Crippen LogP contribution in [0.5, 0.6) is 5.88 Å². The van der Waals surface area contributed by atoms with Gasteiger partial charge in [0.25, 0.3) is 0 Å². The minimum absolute atomic E-state index is 0. The van der Waals surface area contributed by atoms with E-state index in [1.165, 1.54) is 18.3 Å². The second-order valence-electron chi connectivity index (χ2n) is 11.1. The number of ether oxygens (including phenoxy) is 1. The Hall–Kier alpha value is -3.06. The van der Waals surface area contributed by atoms with Crippen LogP contribution in [0.4, 0.5) is 15.8 Å². The highest BCUT2D eigenvalue weighted by Gasteiger charge is 2.58. The van der Waals surface area contributed by atoms with Gasteiger partial charge in [-0.25, -0.2) is 17.8 Å². The topological polar surface area (TPSA) is 126 Å². The Balaban J connectivity index is 0.00000387. The Labute approximate surface area is 245 Å². The predicted molar refractivity (Wildman–Crippen MR) is 161 cm³/mol. The molecule has 13 heteroatoms. The molecular formula is C28H36ClFN6O4S. The zero-order valence-electron chi connectivity index (χ0n) is 23.7. The molecule has 1 fully saturated rings. The van der Waals surface area contributed by atoms with Crippen LogP contribution in [-0.4, -0.2) is 70.4 Å². The summed E-state index contributed by atoms with van der Waals surface area (Å²) < 4.78 is 47.9. The first-order valence-corrected chi connectivity index (χ1v) is 15.2. The molecule has 3 N–H and O–H groups in total. The zero-order valence-corrected chi connectivity index (χ0v) is 25.4. The fourth-order valence-electron chi connectivity index (χ4n) is 5.94. The summed E-state index contributed by atoms with van der Waals surface area (Å²) in [4.78, 5) is 23.9. The fourth-order valence-corrected chi connectivity index (χ4v) is 6.48. The van der Waals surface area contributed by atoms with E-state index in [2.05, 4.69) is 25.3 Å². The van der Waals surface area contributed by atoms with E-state index in [0.29, 0.717) is 41.8 Å². The van der Waals surface area contributed by atoms with Crippen molar-refractivity contribution in [3.8, 4) is 17.0 Å². The van der Waals surface area contributed by atoms with Crippen molar-refractivity contribution in [1.82, 2.24) is 20.6 Å². The van der Waals surface area contributed by atoms with Crippen LogP contribution in [0.1, 0.15) is 32.3 Å². The van der Waals surface area contributed by atoms with Crippen LogP contribution in [-0.2, 0) is 20.2 Å². The number of pyridine rings is 2. The van der Waals surface area contributed by atoms with Crippen molar-refractivity contribution in [3.63, 3.8) is 0 Å². The van der Waals surface area contributed by atoms with Crippen molar-refractivity contribution in [1.29, 1.82) is 0 Å². The number of carbonyl (C=O) groups is 1. The van der Waals surface area contributed by atoms with Gasteiger partial charge in [0, 0.05) is 54.0 Å². The number of aromatic nitrogens is 2. The van der Waals surface area contributed by atoms with Gasteiger partial charge in [0.2, 0.25) is 21.8 Å². The Morgan fingerprint density at radius 3 is 2.59 bits per heavy atom. The number of halogens is 2. The number of carbonyl (C=O) groups excluding carboxylic acids is 1. The summed E-state index contributed by atoms with van der Waals surface area (Å²) in [7, 11) is -0.0163. The monoisotopic (exact) mass is 606 g/mol. The molecule has 0 bridgehead atoms. The van der Waals surface area contributed by atoms with Crippen LogP contribution in [0.2, 0.25) is 0 Å². The number of hydrogen-bond acceptors (Lipinski definition) is 8. The van der Waals surface area contributed by atoms with Crippen molar-refractivity contribution in [3.05, 3.63) is 42.0 Å². The number of fused-ring (bicyclic) bond motifs is 4. The third kappa shape index (κ3) is 5.83. The van der Waals surface area contributed by atoms with Gasteiger partial charge in [0.15, 0.2) is 0 Å². The van der Waals surface area contributed by atoms with E-state index in [-0.39, 0.29) is 48.1 Å². The van der Waals surface area contributed by atoms with Crippen LogP contribution in [0.3, 0.4) is 0 Å². The number of nitrogens with one attached hydrogen (secondary N) is 3. The SMILES string of the molecule is CNCC1CC2(C1)C(=O)N(C)c1cnc3cc(F)c(-c4cnc(OCCNC(C)C)c(NS(C)(=O)=O)c4)cc3c12.Cl. The number of hydrogen-bond donors (Lipinski definition) is 3. The third-order valence-electron chi connectivity index (χ3n) is 7.61. The molecule has 41 heavy (non-hydrogen) atoms. The number of rotatable bonds is 10. The molecule has 3 aromatic rings. The van der Waals surface area contributed by atoms with E-state index in [0.717, 1.165) is 24.1 Å². The highest BCUT2D eigenvalue weighted by Crippen LogP contribution is 2.57. The fraction of sp³-hybridized carbons (Fsp3) is 0.464. The second kappa shape index (κ2) is 11.7. The first-order chi connectivity index (χ1) is 18.9. The molecule has 0 saturated heterocycles. The molecule has 10 nitrogen and oxygen atoms in total. The molecule has 3 heterocycles. The van der Waals surface area contributed by atoms with Gasteiger partial charge >= 0.3 is 0 Å². The summed E-state index contributed by atoms with van der Waals surface area (Å²) in [6.07, 6.45) is 5.54. The van der Waals surface area contributed by atoms with Gasteiger partial charge in [-0.05, 0) is 44.5 Å². The molecule has 0 unspecified atom stereocenters. The summed E-state index contributed by atoms with van der Waals surface area (Å²) in [5.41, 5.74) is 2.10. The van der Waals surface area contributed by atoms with Crippen molar-refractivity contribution >= 4 is 50.6 Å². The maximum Gasteiger partial charge on any atom is 0.238 e. The molecule has 2 aliphatic rings. The number of benzene rings is 1. The molecule has 1 saturated carbocycles. The number of nitrogens with zero attached hydrogens (tertiary/aromatic N) is 3. The molecule has 222 valence electrons. The van der Waals surface area contributed by atoms with Gasteiger partial charge in [-0.2, -0.15) is 0 Å². The lowest BCUT2D eigenvalue weighted by Gasteiger charge is -2.44. The van der Waals surface area contributed by atoms with Gasteiger partial charge in [0.1, 0.15) is 18.1 Å². The summed E-state index contributed by atoms with van der Waals surface area (Å²) in [6.45, 7) is 5.65. The Bertz CT molecular complexity index is 1580. The summed E-state index contributed by atoms with van der Waals surface area (Å²) in [5, 5.41) is 7.11. The summed E-state index contributed by atoms with van der Waals surface area (Å²) >= 11 is 0. The first-order valence-electron chi connectivity index (χ1n) is 13.3. The van der Waals surface area contributed by atoms with Gasteiger partial charge in [-0.15, -0.1) is 12.4 Å². The lowest BCUT2D eigenvalue weighted by Crippen LogP contribution is -2.51. The average molecular weight is 607 g/mol. The molecule has 1 aliphatic carbocycles. The quantitative estimate of drug-likeness (QED) is 0.300. The normalized spacial score (nSPS) is 19.8. The third-order valence-corrected chi connectivity index (χ3v) is 8.20. The van der Waals surface area contributed by atoms with E-state index >= 15 is 4.39 Å². The van der Waals surface area contributed by atoms with Crippen molar-refractivity contribution in [2.45, 2.75) is 38.1 Å². The van der Waals surface area contributed by atoms with Gasteiger partial charge in [-0.3, -0.25) is 14.5 Å². The molecule has 0 atom stereocenters. The summed E-state index contributed by atoms with van der Waals surface area (Å²) in [5.74, 6) is -0.0340. The van der Waals surface area contributed by atoms with E-state index in [4.69, 9.17) is 4.74 Å². The largest absolute Gasteiger partial charge is 0.475 e. The summed E-state index contributed by atoms with van der Waals surface area (Å²) in [6, 6.07) is 4.84. The van der Waals surface area contributed by atoms with Gasteiger partial charge in [-0.1, -0.05) is 13.8 Å². The minimum atomic E-state index is -3.67. The highest BCUT2D eigenvalue weighted by atomic mass is 35.5. The Morgan fingerprint density at radius 2 is 1.93 bits per heavy atom. The Morgan fingerprint density at radius 1 is 1.20 bits per heavy atom. The van der Waals surface area contributed by atoms with Crippen LogP contribution < -0.4 is 25.0 Å². The maximum absolute atomic E-state index is 15.5. The Kier molecular flexibility index (Phi) is 8.79. The second-order valence-corrected chi connectivity index (χ2v) is 12.8. The number of sulfonamides is 1. The lowest BCUT2D eigenvalue weighted by molar-refractivity contribution is -0.127. The molecule has 5 rings (SSSR count). The van der Waals surface area contributed by atoms with Crippen LogP contribution in [0, 0.1) is 11.7 Å². The van der Waals surface area contributed by atoms with Crippen LogP contribution in [0.15, 0.2) is 30.6 Å². The predicted octanol–water partition coefficient (Wildman–Crippen LogP) is 3.45. The number of likely N-dealkylation sites (N-methyl/N-ethyl adjacent to an activating group) is 1. The van der Waals surface area contributed by atoms with Gasteiger partial charge in [0.05, 0.1) is 29.1 Å². The standard InChI is InChI=1S/C28H35FN6O4S.ClH/c1-16(2)31-6-7-39-26-23(34-40(5,37)38)8-18(14-33-26)19-9-20-22(10-21(19)29)32-15-24-25(20)28(27(36)35(24)4)11-17(12-28)13-30-3;/h8-10,14-17,30-31,34H,6-7,11-13H2,1-5H3;1H. The molecule has 2 aromatic heterocycles. The zero-order chi connectivity index (χ0) is 28.8. The molecule has 1 aliphatic heterocycles. The lowest BCUT2D eigenvalue weighted by atomic mass is 9.58. The van der Waals surface area contributed by atoms with Crippen molar-refractivity contribution in [2.75, 3.05) is 49.7 Å². The minimum Gasteiger partial charge on any atom is -0.475 e. The van der Waals surface area contributed by atoms with E-state index in [9.17, 15) is 13.2 Å². The molecule has 1 aromatic carbocycles. The average Bonchev–Trinajstić information content (AvgIpc) is 3.08. The van der Waals surface area contributed by atoms with Gasteiger partial charge < -0.3 is 20.3 Å². The maximum atomic E-state index is 15.5. The van der Waals surface area contributed by atoms with Crippen molar-refractivity contribution in [2.24, 2.45) is 5.92 Å².